The molecule has 0 fully saturated rings. The number of rotatable bonds is 5. The Bertz CT molecular complexity index is 1120. The molecule has 0 saturated heterocycles. The summed E-state index contributed by atoms with van der Waals surface area (Å²) in [4.78, 5) is 17.8. The molecule has 0 aliphatic carbocycles. The van der Waals surface area contributed by atoms with Crippen molar-refractivity contribution in [1.29, 1.82) is 0 Å². The van der Waals surface area contributed by atoms with Crippen LogP contribution in [0.1, 0.15) is 13.3 Å². The van der Waals surface area contributed by atoms with Crippen LogP contribution in [0.5, 0.6) is 23.0 Å². The third-order valence-corrected chi connectivity index (χ3v) is 5.67. The molecule has 0 radical (unpaired) electrons. The fourth-order valence-electron chi connectivity index (χ4n) is 3.23. The fourth-order valence-corrected chi connectivity index (χ4v) is 4.30. The molecule has 1 amide bonds. The molecule has 0 spiro atoms. The third kappa shape index (κ3) is 3.67. The number of aromatic nitrogens is 1. The minimum atomic E-state index is -0.769. The second kappa shape index (κ2) is 8.16. The lowest BCUT2D eigenvalue weighted by molar-refractivity contribution is -0.127. The van der Waals surface area contributed by atoms with E-state index in [1.54, 1.807) is 20.3 Å². The summed E-state index contributed by atoms with van der Waals surface area (Å²) in [5.74, 6) is 2.11. The van der Waals surface area contributed by atoms with E-state index in [1.165, 1.54) is 11.3 Å². The highest BCUT2D eigenvalue weighted by atomic mass is 32.1. The Morgan fingerprint density at radius 2 is 1.93 bits per heavy atom. The molecule has 29 heavy (non-hydrogen) atoms. The lowest BCUT2D eigenvalue weighted by Gasteiger charge is -2.23. The molecule has 1 aliphatic rings. The topological polar surface area (TPSA) is 71.3 Å². The largest absolute Gasteiger partial charge is 0.493 e. The highest BCUT2D eigenvalue weighted by Gasteiger charge is 2.27. The van der Waals surface area contributed by atoms with Gasteiger partial charge in [0, 0.05) is 18.7 Å². The molecule has 1 atom stereocenters. The number of ether oxygens (including phenoxy) is 4. The Morgan fingerprint density at radius 1 is 1.21 bits per heavy atom. The first-order chi connectivity index (χ1) is 14.1. The van der Waals surface area contributed by atoms with Gasteiger partial charge in [0.2, 0.25) is 6.10 Å². The van der Waals surface area contributed by atoms with E-state index in [0.717, 1.165) is 23.2 Å². The average Bonchev–Trinajstić information content (AvgIpc) is 3.08. The third-order valence-electron chi connectivity index (χ3n) is 4.63. The quantitative estimate of drug-likeness (QED) is 0.640. The van der Waals surface area contributed by atoms with Crippen LogP contribution in [0.2, 0.25) is 0 Å². The number of amides is 1. The maximum absolute atomic E-state index is 12.8. The molecule has 7 nitrogen and oxygen atoms in total. The molecule has 1 aliphatic heterocycles. The zero-order chi connectivity index (χ0) is 20.4. The molecule has 2 aromatic carbocycles. The van der Waals surface area contributed by atoms with Crippen molar-refractivity contribution in [3.63, 3.8) is 0 Å². The first-order valence-corrected chi connectivity index (χ1v) is 10.2. The van der Waals surface area contributed by atoms with Crippen LogP contribution in [0.25, 0.3) is 10.2 Å². The van der Waals surface area contributed by atoms with Crippen LogP contribution < -0.4 is 23.7 Å². The number of nitrogens with zero attached hydrogens (tertiary/aromatic N) is 2. The van der Waals surface area contributed by atoms with E-state index in [4.69, 9.17) is 18.9 Å². The number of benzene rings is 2. The predicted octanol–water partition coefficient (Wildman–Crippen LogP) is 3.40. The molecular weight excluding hydrogens is 392 g/mol. The second-order valence-corrected chi connectivity index (χ2v) is 7.53. The Labute approximate surface area is 172 Å². The Balaban J connectivity index is 1.73. The number of carbonyl (C=O) groups is 1. The lowest BCUT2D eigenvalue weighted by atomic mass is 10.2. The van der Waals surface area contributed by atoms with Crippen LogP contribution in [0.15, 0.2) is 41.4 Å². The maximum atomic E-state index is 12.8. The number of methoxy groups -OCH3 is 2. The minimum absolute atomic E-state index is 0.139. The van der Waals surface area contributed by atoms with Crippen molar-refractivity contribution >= 4 is 27.5 Å². The standard InChI is InChI=1S/C21H22N2O5S/c1-4-9-23-13-10-16(25-2)17(26-3)11-19(13)29-21(23)22-20(24)18-12-27-14-7-5-6-8-15(14)28-18/h5-8,10-11,18H,4,9,12H2,1-3H3/t18-/m0/s1. The van der Waals surface area contributed by atoms with E-state index in [9.17, 15) is 4.79 Å². The number of carbonyl (C=O) groups excluding carboxylic acids is 1. The van der Waals surface area contributed by atoms with Crippen molar-refractivity contribution in [2.45, 2.75) is 26.0 Å². The van der Waals surface area contributed by atoms with Crippen LogP contribution in [0, 0.1) is 0 Å². The summed E-state index contributed by atoms with van der Waals surface area (Å²) >= 11 is 1.43. The lowest BCUT2D eigenvalue weighted by Crippen LogP contribution is -2.36. The van der Waals surface area contributed by atoms with Gasteiger partial charge in [0.15, 0.2) is 27.8 Å². The molecule has 0 N–H and O–H groups in total. The summed E-state index contributed by atoms with van der Waals surface area (Å²) in [5.41, 5.74) is 0.951. The summed E-state index contributed by atoms with van der Waals surface area (Å²) in [5, 5.41) is 0. The van der Waals surface area contributed by atoms with E-state index in [-0.39, 0.29) is 12.5 Å². The van der Waals surface area contributed by atoms with Crippen molar-refractivity contribution in [1.82, 2.24) is 4.57 Å². The fraction of sp³-hybridized carbons (Fsp3) is 0.333. The Kier molecular flexibility index (Phi) is 5.44. The summed E-state index contributed by atoms with van der Waals surface area (Å²) in [6.45, 7) is 2.95. The van der Waals surface area contributed by atoms with Crippen LogP contribution in [-0.2, 0) is 11.3 Å². The van der Waals surface area contributed by atoms with Crippen molar-refractivity contribution in [3.05, 3.63) is 41.2 Å². The highest BCUT2D eigenvalue weighted by Crippen LogP contribution is 2.34. The smallest absolute Gasteiger partial charge is 0.292 e. The van der Waals surface area contributed by atoms with Gasteiger partial charge in [0.1, 0.15) is 6.61 Å². The molecular formula is C21H22N2O5S. The van der Waals surface area contributed by atoms with Gasteiger partial charge in [-0.1, -0.05) is 30.4 Å². The summed E-state index contributed by atoms with van der Waals surface area (Å²) in [6.07, 6.45) is 0.132. The van der Waals surface area contributed by atoms with Gasteiger partial charge in [-0.15, -0.1) is 0 Å². The summed E-state index contributed by atoms with van der Waals surface area (Å²) < 4.78 is 25.3. The first-order valence-electron chi connectivity index (χ1n) is 9.37. The van der Waals surface area contributed by atoms with Gasteiger partial charge in [-0.25, -0.2) is 0 Å². The van der Waals surface area contributed by atoms with E-state index >= 15 is 0 Å². The molecule has 2 heterocycles. The maximum Gasteiger partial charge on any atom is 0.292 e. The number of aryl methyl sites for hydroxylation is 1. The Morgan fingerprint density at radius 3 is 2.66 bits per heavy atom. The SMILES string of the molecule is CCCn1c(=NC(=O)[C@@H]2COc3ccccc3O2)sc2cc(OC)c(OC)cc21. The highest BCUT2D eigenvalue weighted by molar-refractivity contribution is 7.16. The van der Waals surface area contributed by atoms with Crippen LogP contribution in [-0.4, -0.2) is 37.4 Å². The monoisotopic (exact) mass is 414 g/mol. The Hall–Kier alpha value is -3.00. The van der Waals surface area contributed by atoms with Crippen molar-refractivity contribution in [2.24, 2.45) is 4.99 Å². The number of para-hydroxylation sites is 2. The van der Waals surface area contributed by atoms with Crippen molar-refractivity contribution in [3.8, 4) is 23.0 Å². The molecule has 0 saturated carbocycles. The van der Waals surface area contributed by atoms with Crippen molar-refractivity contribution in [2.75, 3.05) is 20.8 Å². The first kappa shape index (κ1) is 19.3. The molecule has 4 rings (SSSR count). The molecule has 1 aromatic heterocycles. The zero-order valence-corrected chi connectivity index (χ0v) is 17.3. The predicted molar refractivity (Wildman–Crippen MR) is 110 cm³/mol. The van der Waals surface area contributed by atoms with Gasteiger partial charge in [-0.3, -0.25) is 4.79 Å². The molecule has 8 heteroatoms. The molecule has 0 unspecified atom stereocenters. The van der Waals surface area contributed by atoms with Gasteiger partial charge < -0.3 is 23.5 Å². The van der Waals surface area contributed by atoms with E-state index in [2.05, 4.69) is 11.9 Å². The van der Waals surface area contributed by atoms with Gasteiger partial charge in [-0.2, -0.15) is 4.99 Å². The van der Waals surface area contributed by atoms with Crippen molar-refractivity contribution < 1.29 is 23.7 Å². The number of hydrogen-bond acceptors (Lipinski definition) is 6. The average molecular weight is 414 g/mol. The van der Waals surface area contributed by atoms with E-state index < -0.39 is 6.10 Å². The zero-order valence-electron chi connectivity index (χ0n) is 16.5. The number of thiazole rings is 1. The molecule has 3 aromatic rings. The van der Waals surface area contributed by atoms with Gasteiger partial charge in [0.05, 0.1) is 24.4 Å². The molecule has 152 valence electrons. The number of hydrogen-bond donors (Lipinski definition) is 0. The second-order valence-electron chi connectivity index (χ2n) is 6.53. The van der Waals surface area contributed by atoms with E-state index in [1.807, 2.05) is 34.9 Å². The molecule has 0 bridgehead atoms. The number of fused-ring (bicyclic) bond motifs is 2. The van der Waals surface area contributed by atoms with Crippen LogP contribution in [0.3, 0.4) is 0 Å². The van der Waals surface area contributed by atoms with Gasteiger partial charge in [0.25, 0.3) is 5.91 Å². The van der Waals surface area contributed by atoms with Gasteiger partial charge >= 0.3 is 0 Å². The van der Waals surface area contributed by atoms with Gasteiger partial charge in [-0.05, 0) is 18.6 Å². The summed E-state index contributed by atoms with van der Waals surface area (Å²) in [6, 6.07) is 11.1. The summed E-state index contributed by atoms with van der Waals surface area (Å²) in [7, 11) is 3.21. The normalized spacial score (nSPS) is 16.1. The van der Waals surface area contributed by atoms with Crippen LogP contribution >= 0.6 is 11.3 Å². The minimum Gasteiger partial charge on any atom is -0.493 e. The van der Waals surface area contributed by atoms with Crippen LogP contribution in [0.4, 0.5) is 0 Å². The van der Waals surface area contributed by atoms with E-state index in [0.29, 0.717) is 27.8 Å².